The Morgan fingerprint density at radius 2 is 1.64 bits per heavy atom. The van der Waals surface area contributed by atoms with Gasteiger partial charge in [-0.05, 0) is 44.5 Å². The van der Waals surface area contributed by atoms with Crippen molar-refractivity contribution in [3.63, 3.8) is 0 Å². The van der Waals surface area contributed by atoms with E-state index in [2.05, 4.69) is 22.9 Å². The Kier molecular flexibility index (Phi) is 9.06. The second-order valence-corrected chi connectivity index (χ2v) is 5.91. The number of hydrogen-bond donors (Lipinski definition) is 3. The highest BCUT2D eigenvalue weighted by Crippen LogP contribution is 2.12. The van der Waals surface area contributed by atoms with Crippen LogP contribution in [0.4, 0.5) is 0 Å². The lowest BCUT2D eigenvalue weighted by Gasteiger charge is -2.10. The minimum absolute atomic E-state index is 0.0121. The summed E-state index contributed by atoms with van der Waals surface area (Å²) in [5.74, 6) is -0.346. The molecule has 0 aliphatic heterocycles. The number of ether oxygens (including phenoxy) is 1. The Hall–Kier alpha value is -2.57. The lowest BCUT2D eigenvalue weighted by molar-refractivity contribution is -0.125. The molecule has 138 valence electrons. The number of hydrogen-bond acceptors (Lipinski definition) is 4. The Balaban J connectivity index is 2.33. The number of carbonyl (C=O) groups is 3. The Labute approximate surface area is 148 Å². The van der Waals surface area contributed by atoms with Gasteiger partial charge in [0.15, 0.2) is 0 Å². The largest absolute Gasteiger partial charge is 0.494 e. The fourth-order valence-corrected chi connectivity index (χ4v) is 1.91. The Morgan fingerprint density at radius 3 is 2.24 bits per heavy atom. The first-order valence-electron chi connectivity index (χ1n) is 8.49. The van der Waals surface area contributed by atoms with E-state index in [-0.39, 0.29) is 30.9 Å². The van der Waals surface area contributed by atoms with Gasteiger partial charge in [-0.15, -0.1) is 0 Å². The van der Waals surface area contributed by atoms with E-state index in [0.29, 0.717) is 17.9 Å². The molecule has 25 heavy (non-hydrogen) atoms. The minimum atomic E-state index is -0.424. The third-order valence-corrected chi connectivity index (χ3v) is 3.19. The molecule has 0 heterocycles. The van der Waals surface area contributed by atoms with E-state index in [1.54, 1.807) is 24.3 Å². The molecule has 0 aliphatic carbocycles. The van der Waals surface area contributed by atoms with Crippen molar-refractivity contribution in [1.29, 1.82) is 0 Å². The minimum Gasteiger partial charge on any atom is -0.494 e. The summed E-state index contributed by atoms with van der Waals surface area (Å²) in [7, 11) is 0. The molecule has 3 N–H and O–H groups in total. The number of unbranched alkanes of at least 4 members (excludes halogenated alkanes) is 1. The maximum absolute atomic E-state index is 12.0. The predicted octanol–water partition coefficient (Wildman–Crippen LogP) is 1.24. The van der Waals surface area contributed by atoms with Gasteiger partial charge in [-0.3, -0.25) is 14.4 Å². The van der Waals surface area contributed by atoms with Gasteiger partial charge >= 0.3 is 0 Å². The molecule has 3 amide bonds. The Bertz CT molecular complexity index is 570. The molecule has 0 fully saturated rings. The second kappa shape index (κ2) is 11.1. The summed E-state index contributed by atoms with van der Waals surface area (Å²) in [6.07, 6.45) is 2.04. The number of amides is 3. The maximum Gasteiger partial charge on any atom is 0.251 e. The van der Waals surface area contributed by atoms with Crippen LogP contribution in [0.2, 0.25) is 0 Å². The molecule has 0 aliphatic rings. The van der Waals surface area contributed by atoms with Crippen molar-refractivity contribution in [3.8, 4) is 5.75 Å². The van der Waals surface area contributed by atoms with Crippen molar-refractivity contribution in [1.82, 2.24) is 16.0 Å². The summed E-state index contributed by atoms with van der Waals surface area (Å²) in [6, 6.07) is 6.75. The maximum atomic E-state index is 12.0. The average molecular weight is 349 g/mol. The van der Waals surface area contributed by atoms with Crippen LogP contribution in [0.1, 0.15) is 44.0 Å². The van der Waals surface area contributed by atoms with Crippen LogP contribution in [0.3, 0.4) is 0 Å². The van der Waals surface area contributed by atoms with Gasteiger partial charge in [0.25, 0.3) is 5.91 Å². The Morgan fingerprint density at radius 1 is 1.00 bits per heavy atom. The van der Waals surface area contributed by atoms with Crippen LogP contribution in [0, 0.1) is 0 Å². The molecule has 0 saturated heterocycles. The summed E-state index contributed by atoms with van der Waals surface area (Å²) in [6.45, 7) is 6.09. The SMILES string of the molecule is CCCCOc1ccc(C(=O)NCC(=O)NCC(=O)NC(C)C)cc1. The summed E-state index contributed by atoms with van der Waals surface area (Å²) < 4.78 is 5.53. The van der Waals surface area contributed by atoms with Crippen LogP contribution in [-0.2, 0) is 9.59 Å². The molecule has 1 aromatic rings. The molecule has 0 spiro atoms. The topological polar surface area (TPSA) is 96.5 Å². The van der Waals surface area contributed by atoms with Crippen LogP contribution in [-0.4, -0.2) is 43.5 Å². The van der Waals surface area contributed by atoms with Gasteiger partial charge in [0.05, 0.1) is 19.7 Å². The van der Waals surface area contributed by atoms with Crippen molar-refractivity contribution >= 4 is 17.7 Å². The normalized spacial score (nSPS) is 10.2. The van der Waals surface area contributed by atoms with Crippen LogP contribution >= 0.6 is 0 Å². The van der Waals surface area contributed by atoms with Gasteiger partial charge in [0.1, 0.15) is 5.75 Å². The first kappa shape index (κ1) is 20.5. The molecular formula is C18H27N3O4. The third kappa shape index (κ3) is 8.74. The van der Waals surface area contributed by atoms with E-state index in [0.717, 1.165) is 12.8 Å². The summed E-state index contributed by atoms with van der Waals surface area (Å²) in [4.78, 5) is 35.1. The van der Waals surface area contributed by atoms with E-state index in [1.807, 2.05) is 13.8 Å². The van der Waals surface area contributed by atoms with Gasteiger partial charge in [0.2, 0.25) is 11.8 Å². The summed E-state index contributed by atoms with van der Waals surface area (Å²) in [5.41, 5.74) is 0.438. The highest BCUT2D eigenvalue weighted by Gasteiger charge is 2.10. The first-order chi connectivity index (χ1) is 11.9. The molecule has 0 radical (unpaired) electrons. The third-order valence-electron chi connectivity index (χ3n) is 3.19. The summed E-state index contributed by atoms with van der Waals surface area (Å²) in [5, 5.41) is 7.62. The van der Waals surface area contributed by atoms with Crippen LogP contribution < -0.4 is 20.7 Å². The predicted molar refractivity (Wildman–Crippen MR) is 95.5 cm³/mol. The summed E-state index contributed by atoms with van der Waals surface area (Å²) >= 11 is 0. The van der Waals surface area contributed by atoms with E-state index in [4.69, 9.17) is 4.74 Å². The number of carbonyl (C=O) groups excluding carboxylic acids is 3. The number of nitrogens with one attached hydrogen (secondary N) is 3. The zero-order chi connectivity index (χ0) is 18.7. The fourth-order valence-electron chi connectivity index (χ4n) is 1.91. The first-order valence-corrected chi connectivity index (χ1v) is 8.49. The molecule has 1 aromatic carbocycles. The highest BCUT2D eigenvalue weighted by molar-refractivity contribution is 5.96. The molecule has 0 unspecified atom stereocenters. The van der Waals surface area contributed by atoms with Gasteiger partial charge in [-0.25, -0.2) is 0 Å². The van der Waals surface area contributed by atoms with Crippen molar-refractivity contribution in [2.24, 2.45) is 0 Å². The van der Waals surface area contributed by atoms with Gasteiger partial charge in [-0.2, -0.15) is 0 Å². The van der Waals surface area contributed by atoms with E-state index < -0.39 is 5.91 Å². The molecule has 7 nitrogen and oxygen atoms in total. The molecule has 0 saturated carbocycles. The van der Waals surface area contributed by atoms with Gasteiger partial charge in [0, 0.05) is 11.6 Å². The smallest absolute Gasteiger partial charge is 0.251 e. The van der Waals surface area contributed by atoms with Gasteiger partial charge in [-0.1, -0.05) is 13.3 Å². The quantitative estimate of drug-likeness (QED) is 0.554. The highest BCUT2D eigenvalue weighted by atomic mass is 16.5. The molecule has 0 aromatic heterocycles. The molecular weight excluding hydrogens is 322 g/mol. The average Bonchev–Trinajstić information content (AvgIpc) is 2.58. The van der Waals surface area contributed by atoms with Crippen molar-refractivity contribution in [2.45, 2.75) is 39.7 Å². The molecule has 0 atom stereocenters. The molecule has 7 heteroatoms. The fraction of sp³-hybridized carbons (Fsp3) is 0.500. The lowest BCUT2D eigenvalue weighted by atomic mass is 10.2. The van der Waals surface area contributed by atoms with Crippen LogP contribution in [0.5, 0.6) is 5.75 Å². The number of rotatable bonds is 10. The van der Waals surface area contributed by atoms with Crippen LogP contribution in [0.25, 0.3) is 0 Å². The van der Waals surface area contributed by atoms with Crippen molar-refractivity contribution in [3.05, 3.63) is 29.8 Å². The van der Waals surface area contributed by atoms with Crippen molar-refractivity contribution < 1.29 is 19.1 Å². The van der Waals surface area contributed by atoms with E-state index in [9.17, 15) is 14.4 Å². The molecule has 0 bridgehead atoms. The van der Waals surface area contributed by atoms with E-state index in [1.165, 1.54) is 0 Å². The lowest BCUT2D eigenvalue weighted by Crippen LogP contribution is -2.43. The van der Waals surface area contributed by atoms with Crippen LogP contribution in [0.15, 0.2) is 24.3 Å². The standard InChI is InChI=1S/C18H27N3O4/c1-4-5-10-25-15-8-6-14(7-9-15)18(24)20-11-16(22)19-12-17(23)21-13(2)3/h6-9,13H,4-5,10-12H2,1-3H3,(H,19,22)(H,20,24)(H,21,23). The van der Waals surface area contributed by atoms with E-state index >= 15 is 0 Å². The zero-order valence-corrected chi connectivity index (χ0v) is 15.1. The monoisotopic (exact) mass is 349 g/mol. The second-order valence-electron chi connectivity index (χ2n) is 5.91. The van der Waals surface area contributed by atoms with Gasteiger partial charge < -0.3 is 20.7 Å². The van der Waals surface area contributed by atoms with Crippen molar-refractivity contribution in [2.75, 3.05) is 19.7 Å². The molecule has 1 rings (SSSR count). The zero-order valence-electron chi connectivity index (χ0n) is 15.1. The number of benzene rings is 1.